The predicted molar refractivity (Wildman–Crippen MR) is 90.8 cm³/mol. The highest BCUT2D eigenvalue weighted by atomic mass is 79.9. The minimum Gasteiger partial charge on any atom is -0.477 e. The summed E-state index contributed by atoms with van der Waals surface area (Å²) in [4.78, 5) is 13.9. The summed E-state index contributed by atoms with van der Waals surface area (Å²) in [6, 6.07) is 6.65. The average Bonchev–Trinajstić information content (AvgIpc) is 2.76. The maximum atomic E-state index is 11.0. The van der Waals surface area contributed by atoms with Gasteiger partial charge in [0.2, 0.25) is 0 Å². The van der Waals surface area contributed by atoms with E-state index in [1.54, 1.807) is 6.07 Å². The second-order valence-corrected chi connectivity index (χ2v) is 12.9. The molecule has 0 radical (unpaired) electrons. The van der Waals surface area contributed by atoms with Crippen LogP contribution in [0, 0.1) is 0 Å². The molecule has 0 atom stereocenters. The third-order valence-corrected chi connectivity index (χ3v) is 5.71. The number of carboxylic acids is 1. The Hall–Kier alpha value is -1.11. The highest BCUT2D eigenvalue weighted by Gasteiger charge is 2.13. The molecular weight excluding hydrogens is 350 g/mol. The van der Waals surface area contributed by atoms with E-state index < -0.39 is 14.0 Å². The fourth-order valence-electron chi connectivity index (χ4n) is 1.98. The van der Waals surface area contributed by atoms with Crippen LogP contribution in [0.25, 0.3) is 10.9 Å². The first-order chi connectivity index (χ1) is 9.76. The Bertz CT molecular complexity index is 661. The van der Waals surface area contributed by atoms with E-state index >= 15 is 0 Å². The first-order valence-corrected chi connectivity index (χ1v) is 11.4. The molecule has 1 heterocycles. The largest absolute Gasteiger partial charge is 0.477 e. The molecule has 114 valence electrons. The highest BCUT2D eigenvalue weighted by molar-refractivity contribution is 9.10. The summed E-state index contributed by atoms with van der Waals surface area (Å²) < 4.78 is 6.70. The molecule has 0 aliphatic carbocycles. The van der Waals surface area contributed by atoms with Crippen LogP contribution >= 0.6 is 15.9 Å². The molecule has 1 aromatic heterocycles. The van der Waals surface area contributed by atoms with Gasteiger partial charge in [0.25, 0.3) is 0 Å². The zero-order valence-corrected chi connectivity index (χ0v) is 15.1. The summed E-state index contributed by atoms with van der Waals surface area (Å²) in [7, 11) is -1.07. The highest BCUT2D eigenvalue weighted by Crippen LogP contribution is 2.26. The van der Waals surface area contributed by atoms with E-state index in [-0.39, 0.29) is 5.69 Å². The summed E-state index contributed by atoms with van der Waals surface area (Å²) in [5.74, 6) is -0.949. The van der Waals surface area contributed by atoms with Gasteiger partial charge in [-0.3, -0.25) is 0 Å². The zero-order valence-electron chi connectivity index (χ0n) is 12.5. The molecule has 21 heavy (non-hydrogen) atoms. The van der Waals surface area contributed by atoms with Gasteiger partial charge in [-0.25, -0.2) is 4.79 Å². The van der Waals surface area contributed by atoms with Crippen molar-refractivity contribution in [2.24, 2.45) is 0 Å². The van der Waals surface area contributed by atoms with E-state index in [1.807, 2.05) is 12.1 Å². The molecule has 0 saturated heterocycles. The quantitative estimate of drug-likeness (QED) is 0.582. The molecule has 0 aliphatic heterocycles. The zero-order chi connectivity index (χ0) is 15.6. The van der Waals surface area contributed by atoms with E-state index in [9.17, 15) is 4.79 Å². The van der Waals surface area contributed by atoms with Crippen LogP contribution in [0.4, 0.5) is 0 Å². The molecule has 2 aromatic rings. The Balaban J connectivity index is 2.09. The molecule has 0 unspecified atom stereocenters. The van der Waals surface area contributed by atoms with Crippen LogP contribution in [0.15, 0.2) is 22.7 Å². The lowest BCUT2D eigenvalue weighted by molar-refractivity contribution is 0.0691. The lowest BCUT2D eigenvalue weighted by atomic mass is 10.2. The van der Waals surface area contributed by atoms with E-state index in [1.165, 1.54) is 0 Å². The van der Waals surface area contributed by atoms with Crippen molar-refractivity contribution >= 4 is 40.9 Å². The first-order valence-electron chi connectivity index (χ1n) is 6.88. The van der Waals surface area contributed by atoms with Gasteiger partial charge in [-0.05, 0) is 29.8 Å². The van der Waals surface area contributed by atoms with Gasteiger partial charge in [0.15, 0.2) is 0 Å². The molecule has 0 aliphatic rings. The SMILES string of the molecule is C[Si](C)(C)CCOCc1cc2[nH]c(C(=O)O)cc2cc1Br. The van der Waals surface area contributed by atoms with Gasteiger partial charge in [0.05, 0.1) is 6.61 Å². The molecule has 1 aromatic carbocycles. The number of benzene rings is 1. The number of hydrogen-bond donors (Lipinski definition) is 2. The molecule has 0 bridgehead atoms. The van der Waals surface area contributed by atoms with Crippen molar-refractivity contribution in [1.82, 2.24) is 4.98 Å². The van der Waals surface area contributed by atoms with Gasteiger partial charge in [-0.15, -0.1) is 0 Å². The van der Waals surface area contributed by atoms with Crippen molar-refractivity contribution in [3.8, 4) is 0 Å². The minimum absolute atomic E-state index is 0.203. The van der Waals surface area contributed by atoms with Gasteiger partial charge in [-0.1, -0.05) is 35.6 Å². The Morgan fingerprint density at radius 1 is 1.33 bits per heavy atom. The molecule has 2 rings (SSSR count). The lowest BCUT2D eigenvalue weighted by Gasteiger charge is -2.15. The van der Waals surface area contributed by atoms with Crippen molar-refractivity contribution < 1.29 is 14.6 Å². The molecule has 0 spiro atoms. The van der Waals surface area contributed by atoms with Gasteiger partial charge in [0, 0.05) is 30.1 Å². The number of aromatic nitrogens is 1. The maximum Gasteiger partial charge on any atom is 0.352 e. The van der Waals surface area contributed by atoms with Crippen LogP contribution in [-0.4, -0.2) is 30.7 Å². The molecule has 0 amide bonds. The maximum absolute atomic E-state index is 11.0. The second kappa shape index (κ2) is 6.33. The number of aromatic carboxylic acids is 1. The van der Waals surface area contributed by atoms with Crippen molar-refractivity contribution in [3.63, 3.8) is 0 Å². The van der Waals surface area contributed by atoms with Gasteiger partial charge < -0.3 is 14.8 Å². The molecule has 0 fully saturated rings. The van der Waals surface area contributed by atoms with Crippen LogP contribution in [0.5, 0.6) is 0 Å². The van der Waals surface area contributed by atoms with E-state index in [0.29, 0.717) is 6.61 Å². The van der Waals surface area contributed by atoms with Crippen LogP contribution in [0.3, 0.4) is 0 Å². The number of carboxylic acid groups (broad SMARTS) is 1. The molecule has 0 saturated carbocycles. The summed E-state index contributed by atoms with van der Waals surface area (Å²) in [6.07, 6.45) is 0. The second-order valence-electron chi connectivity index (χ2n) is 6.38. The van der Waals surface area contributed by atoms with Crippen molar-refractivity contribution in [1.29, 1.82) is 0 Å². The normalized spacial score (nSPS) is 12.0. The van der Waals surface area contributed by atoms with Crippen LogP contribution < -0.4 is 0 Å². The summed E-state index contributed by atoms with van der Waals surface area (Å²) in [5, 5.41) is 9.89. The first kappa shape index (κ1) is 16.3. The minimum atomic E-state index is -1.07. The van der Waals surface area contributed by atoms with Crippen molar-refractivity contribution in [2.75, 3.05) is 6.61 Å². The molecule has 2 N–H and O–H groups in total. The Labute approximate surface area is 133 Å². The third-order valence-electron chi connectivity index (χ3n) is 3.27. The van der Waals surface area contributed by atoms with Crippen LogP contribution in [-0.2, 0) is 11.3 Å². The number of aromatic amines is 1. The monoisotopic (exact) mass is 369 g/mol. The van der Waals surface area contributed by atoms with Gasteiger partial charge >= 0.3 is 5.97 Å². The number of halogens is 1. The molecule has 6 heteroatoms. The molecule has 4 nitrogen and oxygen atoms in total. The number of hydrogen-bond acceptors (Lipinski definition) is 2. The van der Waals surface area contributed by atoms with Crippen molar-refractivity contribution in [3.05, 3.63) is 33.9 Å². The Morgan fingerprint density at radius 3 is 2.67 bits per heavy atom. The fraction of sp³-hybridized carbons (Fsp3) is 0.400. The van der Waals surface area contributed by atoms with Crippen molar-refractivity contribution in [2.45, 2.75) is 32.3 Å². The number of nitrogens with one attached hydrogen (secondary N) is 1. The third kappa shape index (κ3) is 4.43. The summed E-state index contributed by atoms with van der Waals surface area (Å²) in [6.45, 7) is 8.27. The standard InChI is InChI=1S/C15H20BrNO3Si/c1-21(2,3)5-4-20-9-11-8-13-10(6-12(11)16)7-14(17-13)15(18)19/h6-8,17H,4-5,9H2,1-3H3,(H,18,19). The van der Waals surface area contributed by atoms with Gasteiger partial charge in [-0.2, -0.15) is 0 Å². The van der Waals surface area contributed by atoms with E-state index in [0.717, 1.165) is 33.6 Å². The number of H-pyrrole nitrogens is 1. The number of fused-ring (bicyclic) bond motifs is 1. The summed E-state index contributed by atoms with van der Waals surface area (Å²) in [5.41, 5.74) is 2.05. The molecular formula is C15H20BrNO3Si. The smallest absolute Gasteiger partial charge is 0.352 e. The van der Waals surface area contributed by atoms with Gasteiger partial charge in [0.1, 0.15) is 5.69 Å². The topological polar surface area (TPSA) is 62.3 Å². The predicted octanol–water partition coefficient (Wildman–Crippen LogP) is 4.48. The van der Waals surface area contributed by atoms with E-state index in [2.05, 4.69) is 40.6 Å². The Kier molecular flexibility index (Phi) is 4.90. The summed E-state index contributed by atoms with van der Waals surface area (Å²) >= 11 is 3.52. The number of carbonyl (C=O) groups is 1. The Morgan fingerprint density at radius 2 is 2.05 bits per heavy atom. The fourth-order valence-corrected chi connectivity index (χ4v) is 3.22. The number of ether oxygens (including phenoxy) is 1. The average molecular weight is 370 g/mol. The van der Waals surface area contributed by atoms with Crippen LogP contribution in [0.2, 0.25) is 25.7 Å². The van der Waals surface area contributed by atoms with E-state index in [4.69, 9.17) is 9.84 Å². The van der Waals surface area contributed by atoms with Crippen LogP contribution in [0.1, 0.15) is 16.1 Å². The lowest BCUT2D eigenvalue weighted by Crippen LogP contribution is -2.21. The number of rotatable bonds is 6.